The lowest BCUT2D eigenvalue weighted by molar-refractivity contribution is -0.151. The molecule has 4 heteroatoms. The molecule has 102 valence electrons. The molecule has 2 rings (SSSR count). The smallest absolute Gasteiger partial charge is 0.313 e. The van der Waals surface area contributed by atoms with Crippen LogP contribution in [0.5, 0.6) is 0 Å². The maximum absolute atomic E-state index is 12.1. The van der Waals surface area contributed by atoms with Gasteiger partial charge in [-0.2, -0.15) is 0 Å². The van der Waals surface area contributed by atoms with Gasteiger partial charge in [0.25, 0.3) is 0 Å². The minimum Gasteiger partial charge on any atom is -0.466 e. The summed E-state index contributed by atoms with van der Waals surface area (Å²) < 4.78 is 10.5. The molecule has 19 heavy (non-hydrogen) atoms. The Kier molecular flexibility index (Phi) is 4.20. The summed E-state index contributed by atoms with van der Waals surface area (Å²) in [5.74, 6) is -1.62. The summed E-state index contributed by atoms with van der Waals surface area (Å²) in [6.07, 6.45) is 0.0451. The highest BCUT2D eigenvalue weighted by molar-refractivity contribution is 5.86. The molecule has 4 nitrogen and oxygen atoms in total. The summed E-state index contributed by atoms with van der Waals surface area (Å²) in [5.41, 5.74) is 0.838. The van der Waals surface area contributed by atoms with Crippen LogP contribution in [0.4, 0.5) is 0 Å². The van der Waals surface area contributed by atoms with E-state index in [1.807, 2.05) is 37.3 Å². The maximum atomic E-state index is 12.1. The van der Waals surface area contributed by atoms with Crippen LogP contribution in [0.2, 0.25) is 0 Å². The van der Waals surface area contributed by atoms with Gasteiger partial charge in [0.2, 0.25) is 0 Å². The zero-order valence-electron chi connectivity index (χ0n) is 11.2. The molecule has 0 amide bonds. The molecule has 0 bridgehead atoms. The Morgan fingerprint density at radius 2 is 1.95 bits per heavy atom. The zero-order valence-corrected chi connectivity index (χ0v) is 11.2. The van der Waals surface area contributed by atoms with E-state index in [2.05, 4.69) is 0 Å². The van der Waals surface area contributed by atoms with E-state index in [0.29, 0.717) is 13.0 Å². The fourth-order valence-corrected chi connectivity index (χ4v) is 2.51. The monoisotopic (exact) mass is 262 g/mol. The molecule has 1 fully saturated rings. The molecule has 1 aromatic carbocycles. The number of carbonyl (C=O) groups is 2. The minimum atomic E-state index is -0.542. The molecule has 0 radical (unpaired) electrons. The van der Waals surface area contributed by atoms with E-state index in [1.54, 1.807) is 6.92 Å². The molecule has 3 atom stereocenters. The molecule has 0 N–H and O–H groups in total. The summed E-state index contributed by atoms with van der Waals surface area (Å²) in [7, 11) is 0. The Balaban J connectivity index is 2.31. The second-order valence-corrected chi connectivity index (χ2v) is 4.56. The number of hydrogen-bond acceptors (Lipinski definition) is 4. The first-order valence-electron chi connectivity index (χ1n) is 6.61. The molecule has 0 aromatic heterocycles. The molecular formula is C15H18O4. The first-order chi connectivity index (χ1) is 9.19. The Morgan fingerprint density at radius 3 is 2.53 bits per heavy atom. The Hall–Kier alpha value is -1.84. The van der Waals surface area contributed by atoms with Crippen molar-refractivity contribution in [1.29, 1.82) is 0 Å². The van der Waals surface area contributed by atoms with Crippen molar-refractivity contribution >= 4 is 11.9 Å². The lowest BCUT2D eigenvalue weighted by Crippen LogP contribution is -2.27. The Labute approximate surface area is 112 Å². The van der Waals surface area contributed by atoms with Gasteiger partial charge < -0.3 is 9.47 Å². The van der Waals surface area contributed by atoms with Crippen LogP contribution in [0.25, 0.3) is 0 Å². The van der Waals surface area contributed by atoms with Gasteiger partial charge in [0.1, 0.15) is 12.0 Å². The van der Waals surface area contributed by atoms with Crippen molar-refractivity contribution in [1.82, 2.24) is 0 Å². The number of esters is 2. The van der Waals surface area contributed by atoms with Crippen LogP contribution in [-0.4, -0.2) is 18.5 Å². The van der Waals surface area contributed by atoms with Crippen molar-refractivity contribution in [2.24, 2.45) is 11.8 Å². The van der Waals surface area contributed by atoms with E-state index in [4.69, 9.17) is 9.47 Å². The van der Waals surface area contributed by atoms with Crippen LogP contribution in [0.15, 0.2) is 30.3 Å². The van der Waals surface area contributed by atoms with Gasteiger partial charge >= 0.3 is 11.9 Å². The number of carbonyl (C=O) groups excluding carboxylic acids is 2. The molecule has 0 saturated carbocycles. The normalized spacial score (nSPS) is 26.0. The lowest BCUT2D eigenvalue weighted by atomic mass is 9.85. The van der Waals surface area contributed by atoms with E-state index in [1.165, 1.54) is 0 Å². The molecule has 1 aliphatic rings. The minimum absolute atomic E-state index is 0.307. The number of hydrogen-bond donors (Lipinski definition) is 0. The highest BCUT2D eigenvalue weighted by Crippen LogP contribution is 2.41. The molecule has 0 unspecified atom stereocenters. The van der Waals surface area contributed by atoms with Gasteiger partial charge in [-0.1, -0.05) is 37.3 Å². The molecule has 0 aliphatic carbocycles. The average molecular weight is 262 g/mol. The largest absolute Gasteiger partial charge is 0.466 e. The predicted octanol–water partition coefficient (Wildman–Crippen LogP) is 2.49. The fourth-order valence-electron chi connectivity index (χ4n) is 2.51. The summed E-state index contributed by atoms with van der Waals surface area (Å²) in [4.78, 5) is 24.0. The highest BCUT2D eigenvalue weighted by atomic mass is 16.6. The van der Waals surface area contributed by atoms with E-state index < -0.39 is 17.9 Å². The Morgan fingerprint density at radius 1 is 1.26 bits per heavy atom. The molecule has 1 aromatic rings. The summed E-state index contributed by atoms with van der Waals surface area (Å²) in [5, 5.41) is 0. The number of rotatable bonds is 4. The molecular weight excluding hydrogens is 244 g/mol. The van der Waals surface area contributed by atoms with Crippen LogP contribution in [0.1, 0.15) is 31.9 Å². The standard InChI is InChI=1S/C15H18O4/c1-3-11-12(15(17)18-4-2)13(19-14(11)16)10-8-6-5-7-9-10/h5-9,11-13H,3-4H2,1-2H3/t11-,12-,13-/m1/s1. The van der Waals surface area contributed by atoms with Crippen LogP contribution >= 0.6 is 0 Å². The number of ether oxygens (including phenoxy) is 2. The van der Waals surface area contributed by atoms with Crippen molar-refractivity contribution in [3.63, 3.8) is 0 Å². The first kappa shape index (κ1) is 13.6. The van der Waals surface area contributed by atoms with Crippen LogP contribution in [0, 0.1) is 11.8 Å². The molecule has 1 aliphatic heterocycles. The zero-order chi connectivity index (χ0) is 13.8. The second-order valence-electron chi connectivity index (χ2n) is 4.56. The van der Waals surface area contributed by atoms with Gasteiger partial charge in [0.15, 0.2) is 0 Å². The van der Waals surface area contributed by atoms with E-state index in [0.717, 1.165) is 5.56 Å². The summed E-state index contributed by atoms with van der Waals surface area (Å²) in [6, 6.07) is 9.34. The molecule has 1 saturated heterocycles. The summed E-state index contributed by atoms with van der Waals surface area (Å²) in [6.45, 7) is 3.95. The van der Waals surface area contributed by atoms with Gasteiger partial charge in [-0.25, -0.2) is 0 Å². The summed E-state index contributed by atoms with van der Waals surface area (Å²) >= 11 is 0. The molecule has 1 heterocycles. The van der Waals surface area contributed by atoms with Crippen LogP contribution in [0.3, 0.4) is 0 Å². The SMILES string of the molecule is CCOC(=O)[C@H]1[C@@H](c2ccccc2)OC(=O)[C@@H]1CC. The number of cyclic esters (lactones) is 1. The average Bonchev–Trinajstić information content (AvgIpc) is 2.77. The van der Waals surface area contributed by atoms with Gasteiger partial charge in [0, 0.05) is 0 Å². The Bertz CT molecular complexity index is 454. The van der Waals surface area contributed by atoms with E-state index in [-0.39, 0.29) is 11.9 Å². The van der Waals surface area contributed by atoms with Crippen LogP contribution < -0.4 is 0 Å². The third-order valence-electron chi connectivity index (χ3n) is 3.43. The second kappa shape index (κ2) is 5.87. The van der Waals surface area contributed by atoms with Gasteiger partial charge in [-0.3, -0.25) is 9.59 Å². The van der Waals surface area contributed by atoms with E-state index >= 15 is 0 Å². The third kappa shape index (κ3) is 2.62. The first-order valence-corrected chi connectivity index (χ1v) is 6.61. The van der Waals surface area contributed by atoms with Crippen molar-refractivity contribution in [3.05, 3.63) is 35.9 Å². The van der Waals surface area contributed by atoms with Gasteiger partial charge in [0.05, 0.1) is 12.5 Å². The van der Waals surface area contributed by atoms with Crippen molar-refractivity contribution in [3.8, 4) is 0 Å². The maximum Gasteiger partial charge on any atom is 0.313 e. The van der Waals surface area contributed by atoms with Crippen molar-refractivity contribution < 1.29 is 19.1 Å². The fraction of sp³-hybridized carbons (Fsp3) is 0.467. The topological polar surface area (TPSA) is 52.6 Å². The van der Waals surface area contributed by atoms with Gasteiger partial charge in [-0.15, -0.1) is 0 Å². The van der Waals surface area contributed by atoms with E-state index in [9.17, 15) is 9.59 Å². The van der Waals surface area contributed by atoms with Gasteiger partial charge in [-0.05, 0) is 18.9 Å². The lowest BCUT2D eigenvalue weighted by Gasteiger charge is -2.18. The highest BCUT2D eigenvalue weighted by Gasteiger charge is 2.49. The predicted molar refractivity (Wildman–Crippen MR) is 69.2 cm³/mol. The van der Waals surface area contributed by atoms with Crippen molar-refractivity contribution in [2.45, 2.75) is 26.4 Å². The van der Waals surface area contributed by atoms with Crippen molar-refractivity contribution in [2.75, 3.05) is 6.61 Å². The quantitative estimate of drug-likeness (QED) is 0.782. The third-order valence-corrected chi connectivity index (χ3v) is 3.43. The molecule has 0 spiro atoms. The van der Waals surface area contributed by atoms with Crippen LogP contribution in [-0.2, 0) is 19.1 Å². The number of benzene rings is 1.